The van der Waals surface area contributed by atoms with Crippen LogP contribution in [0.4, 0.5) is 5.82 Å². The van der Waals surface area contributed by atoms with Crippen molar-refractivity contribution in [3.63, 3.8) is 0 Å². The number of piperidine rings is 1. The highest BCUT2D eigenvalue weighted by molar-refractivity contribution is 7.90. The highest BCUT2D eigenvalue weighted by atomic mass is 32.2. The van der Waals surface area contributed by atoms with Gasteiger partial charge in [-0.05, 0) is 31.4 Å². The van der Waals surface area contributed by atoms with Crippen LogP contribution in [0.1, 0.15) is 19.3 Å². The largest absolute Gasteiger partial charge is 0.480 e. The van der Waals surface area contributed by atoms with Gasteiger partial charge in [-0.2, -0.15) is 0 Å². The van der Waals surface area contributed by atoms with Gasteiger partial charge in [0.25, 0.3) is 0 Å². The molecule has 0 bridgehead atoms. The maximum absolute atomic E-state index is 11.8. The zero-order valence-corrected chi connectivity index (χ0v) is 11.4. The van der Waals surface area contributed by atoms with Crippen LogP contribution in [-0.2, 0) is 14.6 Å². The Hall–Kier alpha value is -1.63. The van der Waals surface area contributed by atoms with E-state index in [0.717, 1.165) is 19.1 Å². The van der Waals surface area contributed by atoms with Crippen LogP contribution >= 0.6 is 0 Å². The lowest BCUT2D eigenvalue weighted by Crippen LogP contribution is -2.45. The zero-order chi connectivity index (χ0) is 14.0. The summed E-state index contributed by atoms with van der Waals surface area (Å²) in [7, 11) is -3.43. The van der Waals surface area contributed by atoms with Gasteiger partial charge in [-0.1, -0.05) is 0 Å². The number of aliphatic carboxylic acids is 1. The van der Waals surface area contributed by atoms with Crippen LogP contribution in [0.5, 0.6) is 0 Å². The van der Waals surface area contributed by atoms with Gasteiger partial charge >= 0.3 is 5.97 Å². The predicted octanol–water partition coefficient (Wildman–Crippen LogP) is 0.929. The van der Waals surface area contributed by atoms with E-state index in [1.807, 2.05) is 0 Å². The van der Waals surface area contributed by atoms with Crippen molar-refractivity contribution in [3.8, 4) is 0 Å². The van der Waals surface area contributed by atoms with Crippen LogP contribution in [0.2, 0.25) is 0 Å². The van der Waals surface area contributed by atoms with Gasteiger partial charge in [-0.25, -0.2) is 18.2 Å². The summed E-state index contributed by atoms with van der Waals surface area (Å²) in [6, 6.07) is 2.30. The summed E-state index contributed by atoms with van der Waals surface area (Å²) in [5.74, 6) is -0.693. The standard InChI is InChI=1S/C12H16N2O4S/c1-19(17,18)10-6-4-7-13-11(10)14-8-3-2-5-9(14)12(15)16/h4,6-7,9H,2-3,5,8H2,1H3,(H,15,16). The number of anilines is 1. The van der Waals surface area contributed by atoms with Gasteiger partial charge in [-0.3, -0.25) is 0 Å². The smallest absolute Gasteiger partial charge is 0.326 e. The molecular weight excluding hydrogens is 268 g/mol. The molecule has 6 nitrogen and oxygen atoms in total. The van der Waals surface area contributed by atoms with E-state index in [-0.39, 0.29) is 10.7 Å². The van der Waals surface area contributed by atoms with Crippen LogP contribution in [0.3, 0.4) is 0 Å². The summed E-state index contributed by atoms with van der Waals surface area (Å²) in [5.41, 5.74) is 0. The normalized spacial score (nSPS) is 20.3. The number of carboxylic acids is 1. The summed E-state index contributed by atoms with van der Waals surface area (Å²) in [6.07, 6.45) is 4.76. The molecule has 1 aliphatic rings. The molecule has 7 heteroatoms. The van der Waals surface area contributed by atoms with Gasteiger partial charge in [0.15, 0.2) is 9.84 Å². The molecule has 1 unspecified atom stereocenters. The number of rotatable bonds is 3. The number of aromatic nitrogens is 1. The minimum Gasteiger partial charge on any atom is -0.480 e. The SMILES string of the molecule is CS(=O)(=O)c1cccnc1N1CCCCC1C(=O)O. The van der Waals surface area contributed by atoms with Crippen LogP contribution in [-0.4, -0.2) is 43.3 Å². The van der Waals surface area contributed by atoms with Crippen molar-refractivity contribution < 1.29 is 18.3 Å². The van der Waals surface area contributed by atoms with Crippen molar-refractivity contribution in [1.29, 1.82) is 0 Å². The summed E-state index contributed by atoms with van der Waals surface area (Å²) >= 11 is 0. The van der Waals surface area contributed by atoms with E-state index in [4.69, 9.17) is 0 Å². The van der Waals surface area contributed by atoms with Gasteiger partial charge in [0, 0.05) is 19.0 Å². The van der Waals surface area contributed by atoms with Crippen molar-refractivity contribution in [2.45, 2.75) is 30.2 Å². The van der Waals surface area contributed by atoms with Crippen LogP contribution in [0.15, 0.2) is 23.2 Å². The average molecular weight is 284 g/mol. The molecule has 1 saturated heterocycles. The number of hydrogen-bond acceptors (Lipinski definition) is 5. The maximum atomic E-state index is 11.8. The van der Waals surface area contributed by atoms with E-state index < -0.39 is 21.8 Å². The van der Waals surface area contributed by atoms with E-state index in [2.05, 4.69) is 4.98 Å². The summed E-state index contributed by atoms with van der Waals surface area (Å²) < 4.78 is 23.5. The molecular formula is C12H16N2O4S. The fourth-order valence-electron chi connectivity index (χ4n) is 2.33. The van der Waals surface area contributed by atoms with Gasteiger partial charge in [0.2, 0.25) is 0 Å². The molecule has 104 valence electrons. The molecule has 0 spiro atoms. The quantitative estimate of drug-likeness (QED) is 0.888. The molecule has 1 N–H and O–H groups in total. The Labute approximate surface area is 112 Å². The lowest BCUT2D eigenvalue weighted by molar-refractivity contribution is -0.139. The number of hydrogen-bond donors (Lipinski definition) is 1. The first-order valence-corrected chi connectivity index (χ1v) is 7.95. The molecule has 1 aromatic rings. The monoisotopic (exact) mass is 284 g/mol. The second-order valence-corrected chi connectivity index (χ2v) is 6.62. The van der Waals surface area contributed by atoms with Gasteiger partial charge in [0.05, 0.1) is 0 Å². The van der Waals surface area contributed by atoms with Crippen LogP contribution in [0.25, 0.3) is 0 Å². The van der Waals surface area contributed by atoms with Gasteiger partial charge < -0.3 is 10.0 Å². The minimum atomic E-state index is -3.43. The van der Waals surface area contributed by atoms with Gasteiger partial charge in [-0.15, -0.1) is 0 Å². The van der Waals surface area contributed by atoms with Crippen molar-refractivity contribution >= 4 is 21.6 Å². The lowest BCUT2D eigenvalue weighted by atomic mass is 10.0. The molecule has 2 heterocycles. The second-order valence-electron chi connectivity index (χ2n) is 4.64. The Morgan fingerprint density at radius 2 is 2.21 bits per heavy atom. The summed E-state index contributed by atoms with van der Waals surface area (Å²) in [6.45, 7) is 0.510. The third-order valence-electron chi connectivity index (χ3n) is 3.21. The number of pyridine rings is 1. The van der Waals surface area contributed by atoms with E-state index in [9.17, 15) is 18.3 Å². The maximum Gasteiger partial charge on any atom is 0.326 e. The molecule has 0 saturated carbocycles. The molecule has 0 radical (unpaired) electrons. The molecule has 0 aromatic carbocycles. The van der Waals surface area contributed by atoms with Crippen molar-refractivity contribution in [1.82, 2.24) is 4.98 Å². The third-order valence-corrected chi connectivity index (χ3v) is 4.33. The van der Waals surface area contributed by atoms with E-state index >= 15 is 0 Å². The van der Waals surface area contributed by atoms with Crippen molar-refractivity contribution in [3.05, 3.63) is 18.3 Å². The van der Waals surface area contributed by atoms with E-state index in [1.165, 1.54) is 12.3 Å². The van der Waals surface area contributed by atoms with Crippen LogP contribution < -0.4 is 4.90 Å². The molecule has 1 aromatic heterocycles. The Bertz CT molecular complexity index is 585. The molecule has 19 heavy (non-hydrogen) atoms. The number of sulfone groups is 1. The Kier molecular flexibility index (Phi) is 3.75. The highest BCUT2D eigenvalue weighted by Gasteiger charge is 2.32. The minimum absolute atomic E-state index is 0.0863. The third kappa shape index (κ3) is 2.86. The first-order chi connectivity index (χ1) is 8.91. The Balaban J connectivity index is 2.48. The zero-order valence-electron chi connectivity index (χ0n) is 10.6. The van der Waals surface area contributed by atoms with Crippen LogP contribution in [0, 0.1) is 0 Å². The lowest BCUT2D eigenvalue weighted by Gasteiger charge is -2.34. The molecule has 1 aliphatic heterocycles. The molecule has 1 atom stereocenters. The molecule has 1 fully saturated rings. The molecule has 2 rings (SSSR count). The second kappa shape index (κ2) is 5.16. The number of carboxylic acid groups (broad SMARTS) is 1. The van der Waals surface area contributed by atoms with E-state index in [1.54, 1.807) is 11.0 Å². The number of nitrogens with zero attached hydrogens (tertiary/aromatic N) is 2. The Morgan fingerprint density at radius 3 is 2.84 bits per heavy atom. The van der Waals surface area contributed by atoms with E-state index in [0.29, 0.717) is 13.0 Å². The molecule has 0 amide bonds. The first kappa shape index (κ1) is 13.8. The topological polar surface area (TPSA) is 87.6 Å². The van der Waals surface area contributed by atoms with Crippen molar-refractivity contribution in [2.24, 2.45) is 0 Å². The predicted molar refractivity (Wildman–Crippen MR) is 70.0 cm³/mol. The average Bonchev–Trinajstić information content (AvgIpc) is 2.37. The van der Waals surface area contributed by atoms with Gasteiger partial charge in [0.1, 0.15) is 16.8 Å². The summed E-state index contributed by atoms with van der Waals surface area (Å²) in [5, 5.41) is 9.24. The fourth-order valence-corrected chi connectivity index (χ4v) is 3.16. The molecule has 0 aliphatic carbocycles. The number of carbonyl (C=O) groups is 1. The highest BCUT2D eigenvalue weighted by Crippen LogP contribution is 2.28. The first-order valence-electron chi connectivity index (χ1n) is 6.06. The summed E-state index contributed by atoms with van der Waals surface area (Å²) in [4.78, 5) is 17.0. The fraction of sp³-hybridized carbons (Fsp3) is 0.500. The Morgan fingerprint density at radius 1 is 1.47 bits per heavy atom. The van der Waals surface area contributed by atoms with Crippen molar-refractivity contribution in [2.75, 3.05) is 17.7 Å².